The maximum absolute atomic E-state index is 14.1. The quantitative estimate of drug-likeness (QED) is 0.0316. The highest BCUT2D eigenvalue weighted by Crippen LogP contribution is 2.23. The summed E-state index contributed by atoms with van der Waals surface area (Å²) in [6.07, 6.45) is 2.76. The zero-order valence-electron chi connectivity index (χ0n) is 34.7. The Labute approximate surface area is 345 Å². The van der Waals surface area contributed by atoms with Crippen molar-refractivity contribution < 1.29 is 39.0 Å². The van der Waals surface area contributed by atoms with Crippen LogP contribution in [0.15, 0.2) is 34.3 Å². The van der Waals surface area contributed by atoms with E-state index in [0.717, 1.165) is 0 Å². The van der Waals surface area contributed by atoms with E-state index in [1.165, 1.54) is 12.1 Å². The Hall–Kier alpha value is -5.66. The molecule has 20 nitrogen and oxygen atoms in total. The number of carbonyl (C=O) groups excluding carboxylic acids is 5. The van der Waals surface area contributed by atoms with Gasteiger partial charge in [-0.15, -0.1) is 0 Å². The highest BCUT2D eigenvalue weighted by Gasteiger charge is 2.37. The van der Waals surface area contributed by atoms with Crippen molar-refractivity contribution >= 4 is 47.4 Å². The molecule has 1 aromatic carbocycles. The number of amides is 5. The molecule has 0 unspecified atom stereocenters. The second-order valence-corrected chi connectivity index (χ2v) is 15.5. The number of carboxylic acid groups (broad SMARTS) is 1. The third-order valence-corrected chi connectivity index (χ3v) is 10.1. The Balaban J connectivity index is 2.29. The Morgan fingerprint density at radius 1 is 0.814 bits per heavy atom. The molecule has 1 aliphatic rings. The molecule has 1 saturated heterocycles. The number of phenols is 1. The number of aromatic hydroxyl groups is 1. The number of nitrogens with two attached hydrogens (primary N) is 5. The van der Waals surface area contributed by atoms with Gasteiger partial charge in [0.25, 0.3) is 0 Å². The lowest BCUT2D eigenvalue weighted by Gasteiger charge is -2.30. The number of guanidine groups is 2. The van der Waals surface area contributed by atoms with Crippen LogP contribution in [0, 0.1) is 11.8 Å². The molecule has 1 aliphatic heterocycles. The van der Waals surface area contributed by atoms with E-state index in [0.29, 0.717) is 44.2 Å². The minimum Gasteiger partial charge on any atom is -0.508 e. The molecular formula is C39H66N12O8. The van der Waals surface area contributed by atoms with Crippen LogP contribution in [-0.4, -0.2) is 118 Å². The number of nitrogens with zero attached hydrogens (tertiary/aromatic N) is 3. The van der Waals surface area contributed by atoms with E-state index in [4.69, 9.17) is 28.7 Å². The van der Waals surface area contributed by atoms with Gasteiger partial charge < -0.3 is 65.0 Å². The molecular weight excluding hydrogens is 765 g/mol. The van der Waals surface area contributed by atoms with Gasteiger partial charge in [-0.1, -0.05) is 46.2 Å². The van der Waals surface area contributed by atoms with E-state index in [1.807, 2.05) is 20.8 Å². The van der Waals surface area contributed by atoms with Crippen molar-refractivity contribution in [3.8, 4) is 5.75 Å². The molecule has 2 rings (SSSR count). The van der Waals surface area contributed by atoms with E-state index < -0.39 is 77.7 Å². The maximum Gasteiger partial charge on any atom is 0.326 e. The van der Waals surface area contributed by atoms with Crippen molar-refractivity contribution in [1.29, 1.82) is 0 Å². The smallest absolute Gasteiger partial charge is 0.326 e. The first-order chi connectivity index (χ1) is 27.8. The van der Waals surface area contributed by atoms with Crippen molar-refractivity contribution in [3.05, 3.63) is 29.8 Å². The predicted molar refractivity (Wildman–Crippen MR) is 223 cm³/mol. The van der Waals surface area contributed by atoms with Gasteiger partial charge in [0, 0.05) is 38.5 Å². The topological polar surface area (TPSA) is 349 Å². The number of aliphatic carboxylic acids is 1. The van der Waals surface area contributed by atoms with E-state index in [1.54, 1.807) is 24.0 Å². The number of hydrogen-bond donors (Lipinski definition) is 11. The molecule has 1 heterocycles. The van der Waals surface area contributed by atoms with E-state index in [9.17, 15) is 39.0 Å². The third-order valence-electron chi connectivity index (χ3n) is 10.1. The molecule has 0 aliphatic carbocycles. The summed E-state index contributed by atoms with van der Waals surface area (Å²) >= 11 is 0. The van der Waals surface area contributed by atoms with Gasteiger partial charge in [-0.05, 0) is 74.5 Å². The van der Waals surface area contributed by atoms with Crippen molar-refractivity contribution in [2.45, 2.75) is 128 Å². The zero-order valence-corrected chi connectivity index (χ0v) is 34.7. The summed E-state index contributed by atoms with van der Waals surface area (Å²) in [7, 11) is 0. The standard InChI is InChI=1S/C39H66N12O8/c1-5-23(4)32(35(56)49-30(37(58)59)19-22(2)3)50-34(55)29(20-24-12-14-26(52)15-13-24)47-31(53)21-25-9-8-18-51(25)36(57)28(11-7-17-46-39(43)44)48-33(54)27(40)10-6-16-45-38(41)42/h12-15,22-23,25,27-30,32,52H,5-11,16-21,40H2,1-4H3,(H,47,53)(H,48,54)(H,49,56)(H,50,55)(H,58,59)(H4,41,42,45)(H4,43,44,46)/t23-,25-,27-,28-,29-,30-,32-/m0/s1. The molecule has 20 heteroatoms. The van der Waals surface area contributed by atoms with Crippen LogP contribution in [0.3, 0.4) is 0 Å². The minimum atomic E-state index is -1.20. The van der Waals surface area contributed by atoms with Crippen LogP contribution in [0.5, 0.6) is 5.75 Å². The van der Waals surface area contributed by atoms with Gasteiger partial charge in [-0.2, -0.15) is 0 Å². The van der Waals surface area contributed by atoms with Crippen LogP contribution in [0.1, 0.15) is 91.0 Å². The Morgan fingerprint density at radius 3 is 1.97 bits per heavy atom. The van der Waals surface area contributed by atoms with Gasteiger partial charge >= 0.3 is 5.97 Å². The summed E-state index contributed by atoms with van der Waals surface area (Å²) in [5.41, 5.74) is 28.4. The molecule has 0 aromatic heterocycles. The first kappa shape index (κ1) is 49.5. The second kappa shape index (κ2) is 25.0. The van der Waals surface area contributed by atoms with Gasteiger partial charge in [-0.25, -0.2) is 4.79 Å². The van der Waals surface area contributed by atoms with Crippen molar-refractivity contribution in [2.24, 2.45) is 50.5 Å². The lowest BCUT2D eigenvalue weighted by molar-refractivity contribution is -0.143. The van der Waals surface area contributed by atoms with Crippen LogP contribution in [-0.2, 0) is 35.2 Å². The molecule has 1 fully saturated rings. The summed E-state index contributed by atoms with van der Waals surface area (Å²) in [6, 6.07) is 0.0804. The predicted octanol–water partition coefficient (Wildman–Crippen LogP) is -1.13. The van der Waals surface area contributed by atoms with Crippen LogP contribution >= 0.6 is 0 Å². The van der Waals surface area contributed by atoms with Gasteiger partial charge in [-0.3, -0.25) is 34.0 Å². The number of rotatable bonds is 25. The monoisotopic (exact) mass is 831 g/mol. The summed E-state index contributed by atoms with van der Waals surface area (Å²) in [5.74, 6) is -4.67. The number of hydrogen-bond acceptors (Lipinski definition) is 10. The fourth-order valence-corrected chi connectivity index (χ4v) is 6.68. The molecule has 0 radical (unpaired) electrons. The highest BCUT2D eigenvalue weighted by atomic mass is 16.4. The summed E-state index contributed by atoms with van der Waals surface area (Å²) in [5, 5.41) is 30.4. The van der Waals surface area contributed by atoms with Crippen LogP contribution < -0.4 is 49.9 Å². The van der Waals surface area contributed by atoms with E-state index in [-0.39, 0.29) is 68.8 Å². The van der Waals surface area contributed by atoms with Crippen molar-refractivity contribution in [1.82, 2.24) is 26.2 Å². The molecule has 330 valence electrons. The van der Waals surface area contributed by atoms with Crippen molar-refractivity contribution in [2.75, 3.05) is 19.6 Å². The summed E-state index contributed by atoms with van der Waals surface area (Å²) < 4.78 is 0. The summed E-state index contributed by atoms with van der Waals surface area (Å²) in [6.45, 7) is 8.05. The average Bonchev–Trinajstić information content (AvgIpc) is 3.63. The fourth-order valence-electron chi connectivity index (χ4n) is 6.68. The third kappa shape index (κ3) is 17.8. The first-order valence-electron chi connectivity index (χ1n) is 20.2. The van der Waals surface area contributed by atoms with Crippen molar-refractivity contribution in [3.63, 3.8) is 0 Å². The fraction of sp³-hybridized carbons (Fsp3) is 0.641. The molecule has 1 aromatic rings. The second-order valence-electron chi connectivity index (χ2n) is 15.5. The number of likely N-dealkylation sites (tertiary alicyclic amines) is 1. The largest absolute Gasteiger partial charge is 0.508 e. The Kier molecular flexibility index (Phi) is 20.9. The number of carbonyl (C=O) groups is 6. The average molecular weight is 831 g/mol. The molecule has 0 saturated carbocycles. The number of benzene rings is 1. The number of nitrogens with one attached hydrogen (secondary N) is 4. The lowest BCUT2D eigenvalue weighted by Crippen LogP contribution is -2.58. The van der Waals surface area contributed by atoms with Gasteiger partial charge in [0.15, 0.2) is 11.9 Å². The molecule has 0 bridgehead atoms. The van der Waals surface area contributed by atoms with E-state index >= 15 is 0 Å². The van der Waals surface area contributed by atoms with Gasteiger partial charge in [0.2, 0.25) is 29.5 Å². The zero-order chi connectivity index (χ0) is 44.2. The minimum absolute atomic E-state index is 0.00299. The van der Waals surface area contributed by atoms with Gasteiger partial charge in [0.05, 0.1) is 6.04 Å². The molecule has 7 atom stereocenters. The molecule has 59 heavy (non-hydrogen) atoms. The number of phenolic OH excluding ortho intramolecular Hbond substituents is 1. The van der Waals surface area contributed by atoms with Crippen LogP contribution in [0.25, 0.3) is 0 Å². The number of aliphatic imine (C=N–C) groups is 2. The summed E-state index contributed by atoms with van der Waals surface area (Å²) in [4.78, 5) is 89.8. The normalized spacial score (nSPS) is 16.7. The van der Waals surface area contributed by atoms with Crippen LogP contribution in [0.2, 0.25) is 0 Å². The number of carboxylic acids is 1. The van der Waals surface area contributed by atoms with Gasteiger partial charge in [0.1, 0.15) is 29.9 Å². The maximum atomic E-state index is 14.1. The molecule has 0 spiro atoms. The lowest BCUT2D eigenvalue weighted by atomic mass is 9.96. The molecule has 5 amide bonds. The Morgan fingerprint density at radius 2 is 1.41 bits per heavy atom. The van der Waals surface area contributed by atoms with Crippen LogP contribution in [0.4, 0.5) is 0 Å². The van der Waals surface area contributed by atoms with E-state index in [2.05, 4.69) is 31.3 Å². The molecule has 16 N–H and O–H groups in total. The SMILES string of the molecule is CC[C@H](C)[C@H](NC(=O)[C@H](Cc1ccc(O)cc1)NC(=O)C[C@@H]1CCCN1C(=O)[C@H](CCCN=C(N)N)NC(=O)[C@@H](N)CCCN=C(N)N)C(=O)N[C@@H](CC(C)C)C(=O)O. The Bertz CT molecular complexity index is 1610. The highest BCUT2D eigenvalue weighted by molar-refractivity contribution is 5.94. The first-order valence-corrected chi connectivity index (χ1v) is 20.2.